The molecule has 0 bridgehead atoms. The van der Waals surface area contributed by atoms with Crippen LogP contribution in [0, 0.1) is 0 Å². The van der Waals surface area contributed by atoms with Gasteiger partial charge in [-0.15, -0.1) is 0 Å². The molecule has 7 heteroatoms. The van der Waals surface area contributed by atoms with Crippen LogP contribution in [0.4, 0.5) is 0 Å². The number of aliphatic hydroxyl groups is 1. The maximum atomic E-state index is 12.4. The van der Waals surface area contributed by atoms with Gasteiger partial charge in [-0.2, -0.15) is 0 Å². The molecule has 3 N–H and O–H groups in total. The van der Waals surface area contributed by atoms with Crippen LogP contribution in [0.1, 0.15) is 28.4 Å². The first kappa shape index (κ1) is 17.1. The highest BCUT2D eigenvalue weighted by atomic mass is 32.2. The van der Waals surface area contributed by atoms with Gasteiger partial charge in [0.15, 0.2) is 5.78 Å². The van der Waals surface area contributed by atoms with E-state index in [2.05, 4.69) is 4.99 Å². The Morgan fingerprint density at radius 1 is 1.08 bits per heavy atom. The molecule has 1 aliphatic rings. The number of carbonyl (C=O) groups excluding carboxylic acids is 1. The van der Waals surface area contributed by atoms with Gasteiger partial charge < -0.3 is 5.11 Å². The first-order chi connectivity index (χ1) is 11.8. The minimum Gasteiger partial charge on any atom is -0.506 e. The van der Waals surface area contributed by atoms with Crippen LogP contribution >= 0.6 is 0 Å². The highest BCUT2D eigenvalue weighted by molar-refractivity contribution is 7.89. The predicted molar refractivity (Wildman–Crippen MR) is 94.9 cm³/mol. The SMILES string of the molecule is CC(=NCc1ccc(S(N)(=O)=O)cc1)C1=C(O)c2ccccc2C1=O. The molecule has 0 unspecified atom stereocenters. The Hall–Kier alpha value is -2.77. The summed E-state index contributed by atoms with van der Waals surface area (Å²) in [5.41, 5.74) is 2.35. The maximum Gasteiger partial charge on any atom is 0.238 e. The number of benzene rings is 2. The summed E-state index contributed by atoms with van der Waals surface area (Å²) in [4.78, 5) is 16.8. The Morgan fingerprint density at radius 2 is 1.68 bits per heavy atom. The van der Waals surface area contributed by atoms with Gasteiger partial charge >= 0.3 is 0 Å². The largest absolute Gasteiger partial charge is 0.506 e. The third-order valence-corrected chi connectivity index (χ3v) is 4.93. The van der Waals surface area contributed by atoms with Gasteiger partial charge in [-0.3, -0.25) is 9.79 Å². The van der Waals surface area contributed by atoms with Crippen molar-refractivity contribution in [1.82, 2.24) is 0 Å². The molecule has 3 rings (SSSR count). The number of ketones is 1. The highest BCUT2D eigenvalue weighted by Gasteiger charge is 2.30. The molecule has 1 aliphatic carbocycles. The zero-order valence-electron chi connectivity index (χ0n) is 13.4. The minimum atomic E-state index is -3.73. The highest BCUT2D eigenvalue weighted by Crippen LogP contribution is 2.31. The number of primary sulfonamides is 1. The molecule has 0 heterocycles. The second-order valence-corrected chi connectivity index (χ2v) is 7.25. The molecule has 0 atom stereocenters. The summed E-state index contributed by atoms with van der Waals surface area (Å²) >= 11 is 0. The standard InChI is InChI=1S/C18H16N2O4S/c1-11(16-17(21)14-4-2-3-5-15(14)18(16)22)20-10-12-6-8-13(9-7-12)25(19,23)24/h2-9,21H,10H2,1H3,(H2,19,23,24). The Labute approximate surface area is 145 Å². The van der Waals surface area contributed by atoms with Gasteiger partial charge in [0, 0.05) is 16.8 Å². The number of fused-ring (bicyclic) bond motifs is 1. The summed E-state index contributed by atoms with van der Waals surface area (Å²) in [5.74, 6) is -0.314. The molecule has 0 saturated heterocycles. The van der Waals surface area contributed by atoms with E-state index in [-0.39, 0.29) is 28.6 Å². The van der Waals surface area contributed by atoms with E-state index in [1.807, 2.05) is 0 Å². The van der Waals surface area contributed by atoms with Crippen LogP contribution in [0.25, 0.3) is 5.76 Å². The molecule has 0 radical (unpaired) electrons. The summed E-state index contributed by atoms with van der Waals surface area (Å²) in [6, 6.07) is 12.9. The lowest BCUT2D eigenvalue weighted by molar-refractivity contribution is 0.104. The Balaban J connectivity index is 1.84. The molecule has 0 fully saturated rings. The van der Waals surface area contributed by atoms with E-state index >= 15 is 0 Å². The molecular weight excluding hydrogens is 340 g/mol. The van der Waals surface area contributed by atoms with Gasteiger partial charge in [0.2, 0.25) is 10.0 Å². The van der Waals surface area contributed by atoms with E-state index in [0.29, 0.717) is 16.8 Å². The molecule has 128 valence electrons. The van der Waals surface area contributed by atoms with Crippen LogP contribution in [0.15, 0.2) is 64.0 Å². The van der Waals surface area contributed by atoms with Crippen molar-refractivity contribution in [2.45, 2.75) is 18.4 Å². The van der Waals surface area contributed by atoms with Crippen LogP contribution in [0.3, 0.4) is 0 Å². The molecule has 2 aromatic rings. The molecule has 2 aromatic carbocycles. The number of carbonyl (C=O) groups is 1. The number of rotatable bonds is 4. The smallest absolute Gasteiger partial charge is 0.238 e. The van der Waals surface area contributed by atoms with Crippen molar-refractivity contribution in [3.05, 3.63) is 70.8 Å². The molecule has 0 spiro atoms. The van der Waals surface area contributed by atoms with Gasteiger partial charge in [0.1, 0.15) is 5.76 Å². The lowest BCUT2D eigenvalue weighted by Gasteiger charge is -2.04. The normalized spacial score (nSPS) is 14.8. The number of hydrogen-bond donors (Lipinski definition) is 2. The predicted octanol–water partition coefficient (Wildman–Crippen LogP) is 2.46. The fourth-order valence-electron chi connectivity index (χ4n) is 2.67. The third kappa shape index (κ3) is 3.24. The summed E-state index contributed by atoms with van der Waals surface area (Å²) in [6.45, 7) is 1.91. The number of hydrogen-bond acceptors (Lipinski definition) is 5. The van der Waals surface area contributed by atoms with Crippen LogP contribution in [-0.4, -0.2) is 25.0 Å². The van der Waals surface area contributed by atoms with Gasteiger partial charge in [-0.1, -0.05) is 36.4 Å². The van der Waals surface area contributed by atoms with Crippen molar-refractivity contribution in [3.63, 3.8) is 0 Å². The third-order valence-electron chi connectivity index (χ3n) is 4.00. The zero-order chi connectivity index (χ0) is 18.2. The lowest BCUT2D eigenvalue weighted by Crippen LogP contribution is -2.12. The van der Waals surface area contributed by atoms with E-state index < -0.39 is 10.0 Å². The van der Waals surface area contributed by atoms with Crippen molar-refractivity contribution in [3.8, 4) is 0 Å². The number of nitrogens with zero attached hydrogens (tertiary/aromatic N) is 1. The van der Waals surface area contributed by atoms with Crippen molar-refractivity contribution >= 4 is 27.3 Å². The summed E-state index contributed by atoms with van der Waals surface area (Å²) in [6.07, 6.45) is 0. The molecule has 0 amide bonds. The quantitative estimate of drug-likeness (QED) is 0.820. The van der Waals surface area contributed by atoms with Crippen molar-refractivity contribution in [1.29, 1.82) is 0 Å². The Kier molecular flexibility index (Phi) is 4.28. The van der Waals surface area contributed by atoms with Crippen LogP contribution in [0.2, 0.25) is 0 Å². The molecule has 25 heavy (non-hydrogen) atoms. The minimum absolute atomic E-state index is 0.0266. The molecular formula is C18H16N2O4S. The maximum absolute atomic E-state index is 12.4. The summed E-state index contributed by atoms with van der Waals surface area (Å²) in [5, 5.41) is 15.4. The van der Waals surface area contributed by atoms with Crippen molar-refractivity contribution in [2.24, 2.45) is 10.1 Å². The van der Waals surface area contributed by atoms with E-state index in [9.17, 15) is 18.3 Å². The lowest BCUT2D eigenvalue weighted by atomic mass is 10.1. The van der Waals surface area contributed by atoms with E-state index in [4.69, 9.17) is 5.14 Å². The summed E-state index contributed by atoms with van der Waals surface area (Å²) in [7, 11) is -3.73. The molecule has 0 aliphatic heterocycles. The second kappa shape index (κ2) is 6.27. The first-order valence-electron chi connectivity index (χ1n) is 7.49. The summed E-state index contributed by atoms with van der Waals surface area (Å²) < 4.78 is 22.5. The number of allylic oxidation sites excluding steroid dienone is 1. The topological polar surface area (TPSA) is 110 Å². The molecule has 0 saturated carbocycles. The van der Waals surface area contributed by atoms with Gasteiger partial charge in [0.05, 0.1) is 17.0 Å². The average molecular weight is 356 g/mol. The van der Waals surface area contributed by atoms with Crippen LogP contribution in [-0.2, 0) is 16.6 Å². The fraction of sp³-hybridized carbons (Fsp3) is 0.111. The molecule has 6 nitrogen and oxygen atoms in total. The monoisotopic (exact) mass is 356 g/mol. The first-order valence-corrected chi connectivity index (χ1v) is 9.04. The average Bonchev–Trinajstić information content (AvgIpc) is 2.84. The van der Waals surface area contributed by atoms with E-state index in [1.165, 1.54) is 12.1 Å². The number of sulfonamides is 1. The van der Waals surface area contributed by atoms with Gasteiger partial charge in [-0.25, -0.2) is 13.6 Å². The Bertz CT molecular complexity index is 1020. The van der Waals surface area contributed by atoms with E-state index in [1.54, 1.807) is 43.3 Å². The number of aliphatic hydroxyl groups excluding tert-OH is 1. The van der Waals surface area contributed by atoms with E-state index in [0.717, 1.165) is 5.56 Å². The van der Waals surface area contributed by atoms with Gasteiger partial charge in [-0.05, 0) is 24.6 Å². The van der Waals surface area contributed by atoms with Crippen LogP contribution < -0.4 is 5.14 Å². The van der Waals surface area contributed by atoms with Gasteiger partial charge in [0.25, 0.3) is 0 Å². The number of aliphatic imine (C=N–C) groups is 1. The van der Waals surface area contributed by atoms with Crippen molar-refractivity contribution in [2.75, 3.05) is 0 Å². The zero-order valence-corrected chi connectivity index (χ0v) is 14.2. The fourth-order valence-corrected chi connectivity index (χ4v) is 3.19. The van der Waals surface area contributed by atoms with Crippen LogP contribution in [0.5, 0.6) is 0 Å². The Morgan fingerprint density at radius 3 is 2.24 bits per heavy atom. The number of nitrogens with two attached hydrogens (primary N) is 1. The second-order valence-electron chi connectivity index (χ2n) is 5.69. The van der Waals surface area contributed by atoms with Crippen molar-refractivity contribution < 1.29 is 18.3 Å². The molecule has 0 aromatic heterocycles. The number of Topliss-reactive ketones (excluding diaryl/α,β-unsaturated/α-hetero) is 1.